The van der Waals surface area contributed by atoms with E-state index in [0.29, 0.717) is 0 Å². The van der Waals surface area contributed by atoms with Crippen molar-refractivity contribution in [2.75, 3.05) is 0 Å². The monoisotopic (exact) mass is 438 g/mol. The molecule has 0 bridgehead atoms. The first-order valence-corrected chi connectivity index (χ1v) is 8.43. The summed E-state index contributed by atoms with van der Waals surface area (Å²) in [7, 11) is 0. The van der Waals surface area contributed by atoms with Gasteiger partial charge < -0.3 is 9.98 Å². The van der Waals surface area contributed by atoms with Crippen LogP contribution >= 0.6 is 0 Å². The Kier molecular flexibility index (Phi) is 6.44. The first-order valence-electron chi connectivity index (χ1n) is 8.43. The predicted octanol–water partition coefficient (Wildman–Crippen LogP) is 5.94. The van der Waals surface area contributed by atoms with Crippen molar-refractivity contribution in [2.24, 2.45) is 9.98 Å². The summed E-state index contributed by atoms with van der Waals surface area (Å²) in [4.78, 5) is 9.36. The molecule has 132 valence electrons. The first-order chi connectivity index (χ1) is 12.9. The summed E-state index contributed by atoms with van der Waals surface area (Å²) < 4.78 is 0. The zero-order valence-electron chi connectivity index (χ0n) is 14.4. The molecule has 0 aliphatic rings. The number of hydrogen-bond acceptors (Lipinski definition) is 2. The largest absolute Gasteiger partial charge is 2.00 e. The number of benzene rings is 4. The first kappa shape index (κ1) is 18.9. The van der Waals surface area contributed by atoms with E-state index in [-0.39, 0.29) is 20.4 Å². The number of nitrogens with zero attached hydrogens (tertiary/aromatic N) is 2. The van der Waals surface area contributed by atoms with Crippen molar-refractivity contribution in [2.45, 2.75) is 0 Å². The molecule has 0 radical (unpaired) electrons. The minimum absolute atomic E-state index is 0. The minimum atomic E-state index is 0. The quantitative estimate of drug-likeness (QED) is 0.214. The van der Waals surface area contributed by atoms with Gasteiger partial charge in [0, 0.05) is 5.39 Å². The van der Waals surface area contributed by atoms with Gasteiger partial charge in [0.2, 0.25) is 0 Å². The maximum Gasteiger partial charge on any atom is 2.00 e. The Morgan fingerprint density at radius 3 is 1.56 bits per heavy atom. The van der Waals surface area contributed by atoms with Crippen LogP contribution in [0.1, 0.15) is 11.1 Å². The maximum atomic E-state index is 4.68. The van der Waals surface area contributed by atoms with Gasteiger partial charge in [-0.2, -0.15) is 0 Å². The van der Waals surface area contributed by atoms with E-state index in [9.17, 15) is 0 Å². The van der Waals surface area contributed by atoms with Gasteiger partial charge in [-0.15, -0.1) is 71.8 Å². The van der Waals surface area contributed by atoms with Crippen molar-refractivity contribution in [3.8, 4) is 0 Å². The summed E-state index contributed by atoms with van der Waals surface area (Å²) in [5.41, 5.74) is 3.68. The van der Waals surface area contributed by atoms with Gasteiger partial charge in [0.05, 0.1) is 11.4 Å². The van der Waals surface area contributed by atoms with Crippen LogP contribution in [0.25, 0.3) is 10.8 Å². The molecule has 0 aromatic heterocycles. The van der Waals surface area contributed by atoms with Crippen LogP contribution in [0.2, 0.25) is 0 Å². The van der Waals surface area contributed by atoms with Crippen LogP contribution < -0.4 is 0 Å². The van der Waals surface area contributed by atoms with Crippen LogP contribution in [0.3, 0.4) is 0 Å². The summed E-state index contributed by atoms with van der Waals surface area (Å²) in [6, 6.07) is 34.1. The molecule has 0 saturated heterocycles. The molecule has 0 amide bonds. The molecule has 2 nitrogen and oxygen atoms in total. The zero-order chi connectivity index (χ0) is 17.6. The fourth-order valence-corrected chi connectivity index (χ4v) is 2.77. The van der Waals surface area contributed by atoms with Crippen LogP contribution in [-0.4, -0.2) is 12.4 Å². The van der Waals surface area contributed by atoms with E-state index >= 15 is 0 Å². The Morgan fingerprint density at radius 1 is 0.593 bits per heavy atom. The zero-order valence-corrected chi connectivity index (χ0v) is 16.0. The molecule has 0 saturated carbocycles. The van der Waals surface area contributed by atoms with Crippen molar-refractivity contribution in [1.29, 1.82) is 0 Å². The molecule has 0 aliphatic heterocycles. The summed E-state index contributed by atoms with van der Waals surface area (Å²) in [6.45, 7) is 0. The molecule has 4 rings (SSSR count). The van der Waals surface area contributed by atoms with Crippen LogP contribution in [0.5, 0.6) is 0 Å². The van der Waals surface area contributed by atoms with Crippen molar-refractivity contribution in [3.63, 3.8) is 0 Å². The summed E-state index contributed by atoms with van der Waals surface area (Å²) in [5.74, 6) is 0. The predicted molar refractivity (Wildman–Crippen MR) is 109 cm³/mol. The molecular formula is C24H16N2Pd. The van der Waals surface area contributed by atoms with Gasteiger partial charge in [-0.3, -0.25) is 0 Å². The molecule has 0 aliphatic carbocycles. The van der Waals surface area contributed by atoms with Crippen molar-refractivity contribution < 1.29 is 20.4 Å². The second kappa shape index (κ2) is 9.19. The molecule has 4 aromatic rings. The van der Waals surface area contributed by atoms with E-state index in [4.69, 9.17) is 0 Å². The Hall–Kier alpha value is -2.86. The van der Waals surface area contributed by atoms with Gasteiger partial charge in [-0.1, -0.05) is 24.3 Å². The fraction of sp³-hybridized carbons (Fsp3) is 0. The smallest absolute Gasteiger partial charge is 0.304 e. The molecule has 4 aromatic carbocycles. The topological polar surface area (TPSA) is 24.7 Å². The Morgan fingerprint density at radius 2 is 1.11 bits per heavy atom. The van der Waals surface area contributed by atoms with Gasteiger partial charge >= 0.3 is 20.4 Å². The van der Waals surface area contributed by atoms with E-state index in [1.165, 1.54) is 0 Å². The third kappa shape index (κ3) is 4.65. The van der Waals surface area contributed by atoms with E-state index < -0.39 is 0 Å². The van der Waals surface area contributed by atoms with Crippen molar-refractivity contribution >= 4 is 34.6 Å². The third-order valence-corrected chi connectivity index (χ3v) is 4.01. The van der Waals surface area contributed by atoms with Gasteiger partial charge in [0.15, 0.2) is 0 Å². The standard InChI is InChI=1S/C24H16N2.Pd/c1-3-9-19(10-4-1)17-25-22-15-7-13-21-14-8-16-23(24(21)22)26-18-20-11-5-2-6-12-20;/h1-9,11,13-18H;/q-2;+2. The van der Waals surface area contributed by atoms with Gasteiger partial charge in [0.25, 0.3) is 0 Å². The van der Waals surface area contributed by atoms with E-state index in [0.717, 1.165) is 33.3 Å². The second-order valence-corrected chi connectivity index (χ2v) is 5.80. The van der Waals surface area contributed by atoms with Crippen LogP contribution in [0, 0.1) is 12.1 Å². The van der Waals surface area contributed by atoms with Gasteiger partial charge in [-0.05, 0) is 29.9 Å². The molecular weight excluding hydrogens is 423 g/mol. The average Bonchev–Trinajstić information content (AvgIpc) is 2.72. The molecule has 0 fully saturated rings. The SMILES string of the molecule is [Pd+2].[c-]1ccccc1C=Nc1cccc2cccc(N=Cc3[c-]cccc3)c12. The molecule has 0 spiro atoms. The number of rotatable bonds is 4. The summed E-state index contributed by atoms with van der Waals surface area (Å²) >= 11 is 0. The maximum absolute atomic E-state index is 4.68. The van der Waals surface area contributed by atoms with Gasteiger partial charge in [0.1, 0.15) is 0 Å². The van der Waals surface area contributed by atoms with E-state index in [1.54, 1.807) is 0 Å². The van der Waals surface area contributed by atoms with Crippen LogP contribution in [0.15, 0.2) is 94.9 Å². The van der Waals surface area contributed by atoms with E-state index in [1.807, 2.05) is 85.2 Å². The molecule has 27 heavy (non-hydrogen) atoms. The number of hydrogen-bond donors (Lipinski definition) is 0. The Labute approximate surface area is 173 Å². The molecule has 0 atom stereocenters. The molecule has 0 N–H and O–H groups in total. The Bertz CT molecular complexity index is 987. The average molecular weight is 439 g/mol. The molecule has 3 heteroatoms. The van der Waals surface area contributed by atoms with Crippen LogP contribution in [-0.2, 0) is 20.4 Å². The fourth-order valence-electron chi connectivity index (χ4n) is 2.77. The van der Waals surface area contributed by atoms with Crippen molar-refractivity contribution in [3.05, 3.63) is 108 Å². The number of fused-ring (bicyclic) bond motifs is 1. The Balaban J connectivity index is 0.00000210. The summed E-state index contributed by atoms with van der Waals surface area (Å²) in [5, 5.41) is 2.15. The number of aliphatic imine (C=N–C) groups is 2. The second-order valence-electron chi connectivity index (χ2n) is 5.80. The molecule has 0 heterocycles. The van der Waals surface area contributed by atoms with E-state index in [2.05, 4.69) is 34.3 Å². The minimum Gasteiger partial charge on any atom is -0.304 e. The van der Waals surface area contributed by atoms with Gasteiger partial charge in [-0.25, -0.2) is 0 Å². The molecule has 0 unspecified atom stereocenters. The summed E-state index contributed by atoms with van der Waals surface area (Å²) in [6.07, 6.45) is 3.67. The van der Waals surface area contributed by atoms with Crippen LogP contribution in [0.4, 0.5) is 11.4 Å². The van der Waals surface area contributed by atoms with Crippen molar-refractivity contribution in [1.82, 2.24) is 0 Å². The third-order valence-electron chi connectivity index (χ3n) is 4.01. The normalized spacial score (nSPS) is 11.1.